The van der Waals surface area contributed by atoms with Crippen molar-refractivity contribution in [2.45, 2.75) is 6.92 Å². The van der Waals surface area contributed by atoms with Crippen molar-refractivity contribution >= 4 is 28.6 Å². The van der Waals surface area contributed by atoms with E-state index in [0.29, 0.717) is 0 Å². The van der Waals surface area contributed by atoms with Crippen molar-refractivity contribution in [2.24, 2.45) is 0 Å². The largest absolute Gasteiger partial charge is 0.356 e. The molecule has 0 aliphatic heterocycles. The zero-order chi connectivity index (χ0) is 18.6. The van der Waals surface area contributed by atoms with Gasteiger partial charge in [0, 0.05) is 28.9 Å². The van der Waals surface area contributed by atoms with Crippen LogP contribution >= 0.6 is 11.6 Å². The van der Waals surface area contributed by atoms with Crippen molar-refractivity contribution in [1.82, 2.24) is 15.0 Å². The molecule has 0 radical (unpaired) electrons. The van der Waals surface area contributed by atoms with Crippen LogP contribution in [0.3, 0.4) is 0 Å². The molecule has 0 aliphatic rings. The van der Waals surface area contributed by atoms with Crippen LogP contribution in [0, 0.1) is 11.8 Å². The number of nitrogens with zero attached hydrogens (tertiary/aromatic N) is 2. The van der Waals surface area contributed by atoms with Gasteiger partial charge < -0.3 is 10.3 Å². The van der Waals surface area contributed by atoms with Crippen molar-refractivity contribution in [3.8, 4) is 23.0 Å². The summed E-state index contributed by atoms with van der Waals surface area (Å²) >= 11 is 5.93. The highest BCUT2D eigenvalue weighted by Gasteiger charge is 2.02. The van der Waals surface area contributed by atoms with E-state index in [9.17, 15) is 0 Å². The molecule has 0 spiro atoms. The Morgan fingerprint density at radius 3 is 2.56 bits per heavy atom. The Morgan fingerprint density at radius 1 is 1.00 bits per heavy atom. The molecule has 5 heteroatoms. The maximum Gasteiger partial charge on any atom is 0.201 e. The molecule has 0 unspecified atom stereocenters. The lowest BCUT2D eigenvalue weighted by Gasteiger charge is -2.01. The van der Waals surface area contributed by atoms with E-state index in [1.54, 1.807) is 0 Å². The van der Waals surface area contributed by atoms with Crippen molar-refractivity contribution in [3.63, 3.8) is 0 Å². The second kappa shape index (κ2) is 7.53. The number of aromatic amines is 1. The van der Waals surface area contributed by atoms with Crippen molar-refractivity contribution in [1.29, 1.82) is 0 Å². The molecule has 0 saturated heterocycles. The van der Waals surface area contributed by atoms with Crippen LogP contribution < -0.4 is 5.32 Å². The molecule has 0 amide bonds. The molecule has 4 nitrogen and oxygen atoms in total. The first-order valence-electron chi connectivity index (χ1n) is 8.69. The molecule has 2 aromatic heterocycles. The normalized spacial score (nSPS) is 10.4. The summed E-state index contributed by atoms with van der Waals surface area (Å²) in [5, 5.41) is 3.90. The number of aromatic nitrogens is 3. The molecular weight excluding hydrogens is 356 g/mol. The zero-order valence-electron chi connectivity index (χ0n) is 14.8. The third kappa shape index (κ3) is 3.94. The predicted octanol–water partition coefficient (Wildman–Crippen LogP) is 5.11. The van der Waals surface area contributed by atoms with Gasteiger partial charge in [-0.2, -0.15) is 0 Å². The Balaban J connectivity index is 1.55. The van der Waals surface area contributed by atoms with Crippen molar-refractivity contribution < 1.29 is 0 Å². The second-order valence-corrected chi connectivity index (χ2v) is 6.47. The highest BCUT2D eigenvalue weighted by Crippen LogP contribution is 2.21. The maximum absolute atomic E-state index is 5.93. The van der Waals surface area contributed by atoms with E-state index in [-0.39, 0.29) is 0 Å². The molecule has 0 fully saturated rings. The van der Waals surface area contributed by atoms with E-state index < -0.39 is 0 Å². The summed E-state index contributed by atoms with van der Waals surface area (Å²) in [7, 11) is 0. The zero-order valence-corrected chi connectivity index (χ0v) is 15.5. The minimum atomic E-state index is 0.723. The highest BCUT2D eigenvalue weighted by molar-refractivity contribution is 6.30. The predicted molar refractivity (Wildman–Crippen MR) is 111 cm³/mol. The molecule has 132 valence electrons. The van der Waals surface area contributed by atoms with E-state index in [1.165, 1.54) is 0 Å². The van der Waals surface area contributed by atoms with E-state index >= 15 is 0 Å². The number of halogens is 1. The number of fused-ring (bicyclic) bond motifs is 1. The van der Waals surface area contributed by atoms with Gasteiger partial charge in [-0.3, -0.25) is 0 Å². The Bertz CT molecular complexity index is 1130. The van der Waals surface area contributed by atoms with Crippen LogP contribution in [0.5, 0.6) is 0 Å². The van der Waals surface area contributed by atoms with Gasteiger partial charge in [0.15, 0.2) is 0 Å². The fourth-order valence-electron chi connectivity index (χ4n) is 2.75. The third-order valence-corrected chi connectivity index (χ3v) is 4.36. The third-order valence-electron chi connectivity index (χ3n) is 4.10. The fraction of sp³-hybridized carbons (Fsp3) is 0.0909. The van der Waals surface area contributed by atoms with E-state index in [0.717, 1.165) is 50.9 Å². The molecule has 2 heterocycles. The van der Waals surface area contributed by atoms with Crippen LogP contribution in [0.1, 0.15) is 18.2 Å². The Hall–Kier alpha value is -3.29. The number of H-pyrrole nitrogens is 1. The van der Waals surface area contributed by atoms with Crippen LogP contribution in [-0.2, 0) is 0 Å². The number of pyridine rings is 1. The van der Waals surface area contributed by atoms with Crippen molar-refractivity contribution in [3.05, 3.63) is 77.1 Å². The van der Waals surface area contributed by atoms with E-state index in [2.05, 4.69) is 32.1 Å². The summed E-state index contributed by atoms with van der Waals surface area (Å²) in [5.41, 5.74) is 5.62. The molecule has 0 aliphatic carbocycles. The first-order chi connectivity index (χ1) is 13.2. The quantitative estimate of drug-likeness (QED) is 0.491. The van der Waals surface area contributed by atoms with Crippen LogP contribution in [-0.4, -0.2) is 21.5 Å². The van der Waals surface area contributed by atoms with Gasteiger partial charge in [0.2, 0.25) is 5.95 Å². The molecule has 4 aromatic rings. The fourth-order valence-corrected chi connectivity index (χ4v) is 2.88. The number of rotatable bonds is 3. The average Bonchev–Trinajstić information content (AvgIpc) is 3.09. The molecule has 27 heavy (non-hydrogen) atoms. The minimum absolute atomic E-state index is 0.723. The highest BCUT2D eigenvalue weighted by atomic mass is 35.5. The number of nitrogens with one attached hydrogen (secondary N) is 2. The SMILES string of the molecule is CCNc1nc2cc(C#Cc3ccc(-c4ccc(Cl)cc4)cn3)ccc2[nH]1. The molecule has 2 N–H and O–H groups in total. The summed E-state index contributed by atoms with van der Waals surface area (Å²) in [4.78, 5) is 12.2. The van der Waals surface area contributed by atoms with Crippen LogP contribution in [0.2, 0.25) is 5.02 Å². The first-order valence-corrected chi connectivity index (χ1v) is 9.07. The summed E-state index contributed by atoms with van der Waals surface area (Å²) in [6.07, 6.45) is 1.83. The lowest BCUT2D eigenvalue weighted by Crippen LogP contribution is -1.97. The van der Waals surface area contributed by atoms with Gasteiger partial charge in [0.05, 0.1) is 11.0 Å². The second-order valence-electron chi connectivity index (χ2n) is 6.04. The topological polar surface area (TPSA) is 53.6 Å². The van der Waals surface area contributed by atoms with Crippen LogP contribution in [0.4, 0.5) is 5.95 Å². The van der Waals surface area contributed by atoms with Gasteiger partial charge in [-0.1, -0.05) is 35.7 Å². The summed E-state index contributed by atoms with van der Waals surface area (Å²) in [5.74, 6) is 7.04. The molecule has 0 bridgehead atoms. The molecular formula is C22H17ClN4. The number of benzene rings is 2. The van der Waals surface area contributed by atoms with Gasteiger partial charge in [-0.05, 0) is 54.8 Å². The van der Waals surface area contributed by atoms with Gasteiger partial charge in [0.25, 0.3) is 0 Å². The number of anilines is 1. The van der Waals surface area contributed by atoms with Gasteiger partial charge in [-0.25, -0.2) is 9.97 Å². The Labute approximate surface area is 162 Å². The standard InChI is InChI=1S/C22H17ClN4/c1-2-24-22-26-20-12-4-15(13-21(20)27-22)3-10-19-11-7-17(14-25-19)16-5-8-18(23)9-6-16/h4-9,11-14H,2H2,1H3,(H2,24,26,27). The summed E-state index contributed by atoms with van der Waals surface area (Å²) < 4.78 is 0. The van der Waals surface area contributed by atoms with E-state index in [4.69, 9.17) is 11.6 Å². The molecule has 0 saturated carbocycles. The molecule has 4 rings (SSSR count). The Morgan fingerprint density at radius 2 is 1.81 bits per heavy atom. The Kier molecular flexibility index (Phi) is 4.78. The van der Waals surface area contributed by atoms with Gasteiger partial charge >= 0.3 is 0 Å². The average molecular weight is 373 g/mol. The number of imidazole rings is 1. The number of hydrogen-bond donors (Lipinski definition) is 2. The maximum atomic E-state index is 5.93. The lowest BCUT2D eigenvalue weighted by atomic mass is 10.1. The molecule has 0 atom stereocenters. The summed E-state index contributed by atoms with van der Waals surface area (Å²) in [6.45, 7) is 2.86. The van der Waals surface area contributed by atoms with Gasteiger partial charge in [0.1, 0.15) is 5.69 Å². The monoisotopic (exact) mass is 372 g/mol. The number of hydrogen-bond acceptors (Lipinski definition) is 3. The lowest BCUT2D eigenvalue weighted by molar-refractivity contribution is 1.14. The van der Waals surface area contributed by atoms with Gasteiger partial charge in [-0.15, -0.1) is 0 Å². The minimum Gasteiger partial charge on any atom is -0.356 e. The van der Waals surface area contributed by atoms with Crippen LogP contribution in [0.25, 0.3) is 22.2 Å². The molecule has 2 aromatic carbocycles. The van der Waals surface area contributed by atoms with E-state index in [1.807, 2.05) is 67.7 Å². The summed E-state index contributed by atoms with van der Waals surface area (Å²) in [6, 6.07) is 17.6. The van der Waals surface area contributed by atoms with Crippen LogP contribution in [0.15, 0.2) is 60.8 Å². The first kappa shape index (κ1) is 17.1. The smallest absolute Gasteiger partial charge is 0.201 e. The van der Waals surface area contributed by atoms with Crippen molar-refractivity contribution in [2.75, 3.05) is 11.9 Å².